The van der Waals surface area contributed by atoms with Crippen LogP contribution in [0.4, 0.5) is 0 Å². The van der Waals surface area contributed by atoms with Gasteiger partial charge >= 0.3 is 0 Å². The molecule has 32 heavy (non-hydrogen) atoms. The summed E-state index contributed by atoms with van der Waals surface area (Å²) in [5, 5.41) is 4.22. The Morgan fingerprint density at radius 1 is 0.750 bits per heavy atom. The molecular weight excluding hydrogens is 462 g/mol. The molecule has 6 heteroatoms. The third-order valence-electron chi connectivity index (χ3n) is 5.14. The van der Waals surface area contributed by atoms with Gasteiger partial charge in [0.25, 0.3) is 0 Å². The number of hydrogen-bond acceptors (Lipinski definition) is 4. The molecule has 0 spiro atoms. The molecule has 2 aromatic heterocycles. The van der Waals surface area contributed by atoms with Gasteiger partial charge in [0, 0.05) is 41.6 Å². The molecule has 0 radical (unpaired) electrons. The zero-order chi connectivity index (χ0) is 22.9. The minimum atomic E-state index is 0.872. The minimum absolute atomic E-state index is 0.872. The summed E-state index contributed by atoms with van der Waals surface area (Å²) in [7, 11) is 8.39. The Morgan fingerprint density at radius 2 is 1.31 bits per heavy atom. The molecule has 0 saturated carbocycles. The number of aromatic nitrogens is 3. The van der Waals surface area contributed by atoms with Gasteiger partial charge in [0.05, 0.1) is 6.20 Å². The molecule has 2 aromatic carbocycles. The van der Waals surface area contributed by atoms with Crippen molar-refractivity contribution in [1.29, 1.82) is 0 Å². The lowest BCUT2D eigenvalue weighted by Crippen LogP contribution is -2.14. The van der Waals surface area contributed by atoms with E-state index in [1.54, 1.807) is 10.7 Å². The summed E-state index contributed by atoms with van der Waals surface area (Å²) in [6, 6.07) is 19.1. The summed E-state index contributed by atoms with van der Waals surface area (Å²) in [4.78, 5) is 8.79. The van der Waals surface area contributed by atoms with Crippen LogP contribution in [0.15, 0.2) is 77.7 Å². The first-order valence-corrected chi connectivity index (χ1v) is 11.6. The van der Waals surface area contributed by atoms with E-state index in [0.717, 1.165) is 41.6 Å². The number of hydrogen-bond donors (Lipinski definition) is 0. The predicted molar refractivity (Wildman–Crippen MR) is 137 cm³/mol. The van der Waals surface area contributed by atoms with Crippen LogP contribution in [0, 0.1) is 0 Å². The molecule has 4 aromatic rings. The zero-order valence-electron chi connectivity index (χ0n) is 19.4. The van der Waals surface area contributed by atoms with E-state index in [4.69, 9.17) is 0 Å². The maximum atomic E-state index is 4.39. The Labute approximate surface area is 199 Å². The van der Waals surface area contributed by atoms with E-state index in [1.807, 2.05) is 18.5 Å². The van der Waals surface area contributed by atoms with Gasteiger partial charge < -0.3 is 9.80 Å². The molecule has 0 amide bonds. The molecule has 0 aliphatic heterocycles. The topological polar surface area (TPSA) is 36.7 Å². The van der Waals surface area contributed by atoms with Crippen LogP contribution in [0.3, 0.4) is 0 Å². The fourth-order valence-electron chi connectivity index (χ4n) is 3.18. The molecular formula is C26H32BrN5. The molecule has 0 aliphatic carbocycles. The van der Waals surface area contributed by atoms with Crippen molar-refractivity contribution < 1.29 is 0 Å². The first kappa shape index (κ1) is 24.1. The maximum Gasteiger partial charge on any atom is 0.154 e. The number of benzene rings is 2. The molecule has 168 valence electrons. The summed E-state index contributed by atoms with van der Waals surface area (Å²) in [6.45, 7) is 2.18. The smallest absolute Gasteiger partial charge is 0.154 e. The van der Waals surface area contributed by atoms with Crippen molar-refractivity contribution in [2.75, 3.05) is 41.3 Å². The highest BCUT2D eigenvalue weighted by Gasteiger charge is 2.02. The van der Waals surface area contributed by atoms with E-state index in [9.17, 15) is 0 Å². The Kier molecular flexibility index (Phi) is 8.97. The summed E-state index contributed by atoms with van der Waals surface area (Å²) in [5.74, 6) is 0. The monoisotopic (exact) mass is 493 g/mol. The van der Waals surface area contributed by atoms with Crippen LogP contribution in [0.25, 0.3) is 16.8 Å². The number of fused-ring (bicyclic) bond motifs is 1. The molecule has 0 aliphatic rings. The largest absolute Gasteiger partial charge is 0.309 e. The number of halogens is 1. The highest BCUT2D eigenvalue weighted by Crippen LogP contribution is 2.19. The number of nitrogens with zero attached hydrogens (tertiary/aromatic N) is 5. The van der Waals surface area contributed by atoms with Crippen molar-refractivity contribution in [3.8, 4) is 11.1 Å². The fraction of sp³-hybridized carbons (Fsp3) is 0.308. The van der Waals surface area contributed by atoms with E-state index >= 15 is 0 Å². The molecule has 0 bridgehead atoms. The van der Waals surface area contributed by atoms with E-state index in [-0.39, 0.29) is 0 Å². The molecule has 0 unspecified atom stereocenters. The van der Waals surface area contributed by atoms with Gasteiger partial charge in [-0.15, -0.1) is 0 Å². The number of likely N-dealkylation sites (N-methyl/N-ethyl adjacent to an activating group) is 2. The molecule has 4 rings (SSSR count). The van der Waals surface area contributed by atoms with Crippen LogP contribution in [-0.4, -0.2) is 65.7 Å². The first-order chi connectivity index (χ1) is 15.4. The molecule has 0 fully saturated rings. The van der Waals surface area contributed by atoms with Crippen molar-refractivity contribution >= 4 is 21.6 Å². The molecule has 2 heterocycles. The minimum Gasteiger partial charge on any atom is -0.309 e. The lowest BCUT2D eigenvalue weighted by atomic mass is 10.1. The molecule has 0 saturated heterocycles. The number of rotatable bonds is 7. The normalized spacial score (nSPS) is 11.1. The summed E-state index contributed by atoms with van der Waals surface area (Å²) in [6.07, 6.45) is 7.86. The molecule has 0 N–H and O–H groups in total. The van der Waals surface area contributed by atoms with E-state index < -0.39 is 0 Å². The van der Waals surface area contributed by atoms with Gasteiger partial charge in [0.15, 0.2) is 5.65 Å². The lowest BCUT2D eigenvalue weighted by Gasteiger charge is -2.09. The van der Waals surface area contributed by atoms with Crippen LogP contribution in [0.1, 0.15) is 11.1 Å². The van der Waals surface area contributed by atoms with Crippen molar-refractivity contribution in [3.05, 3.63) is 88.8 Å². The fourth-order valence-corrected chi connectivity index (χ4v) is 3.44. The maximum absolute atomic E-state index is 4.39. The highest BCUT2D eigenvalue weighted by molar-refractivity contribution is 9.10. The van der Waals surface area contributed by atoms with Gasteiger partial charge in [-0.2, -0.15) is 5.10 Å². The second-order valence-corrected chi connectivity index (χ2v) is 9.32. The zero-order valence-corrected chi connectivity index (χ0v) is 21.0. The van der Waals surface area contributed by atoms with Crippen LogP contribution in [-0.2, 0) is 12.8 Å². The van der Waals surface area contributed by atoms with Crippen molar-refractivity contribution in [2.24, 2.45) is 0 Å². The molecule has 0 atom stereocenters. The van der Waals surface area contributed by atoms with E-state index in [0.29, 0.717) is 0 Å². The third kappa shape index (κ3) is 7.55. The van der Waals surface area contributed by atoms with Gasteiger partial charge in [-0.05, 0) is 69.9 Å². The van der Waals surface area contributed by atoms with Crippen LogP contribution in [0.5, 0.6) is 0 Å². The van der Waals surface area contributed by atoms with Crippen LogP contribution < -0.4 is 0 Å². The van der Waals surface area contributed by atoms with Gasteiger partial charge in [-0.1, -0.05) is 52.3 Å². The Bertz CT molecular complexity index is 1090. The average Bonchev–Trinajstić information content (AvgIpc) is 3.26. The second-order valence-electron chi connectivity index (χ2n) is 8.41. The summed E-state index contributed by atoms with van der Waals surface area (Å²) < 4.78 is 2.95. The van der Waals surface area contributed by atoms with Gasteiger partial charge in [-0.3, -0.25) is 0 Å². The quantitative estimate of drug-likeness (QED) is 0.360. The standard InChI is InChI=1S/C16H18N4.C10H14BrN/c1-19(2)10-8-13-3-5-14(6-4-13)15-11-17-16-7-9-18-20(16)12-15;1-12(2)8-7-9-3-5-10(11)6-4-9/h3-7,9,11-12H,8,10H2,1-2H3;3-6H,7-8H2,1-2H3. The predicted octanol–water partition coefficient (Wildman–Crippen LogP) is 5.05. The van der Waals surface area contributed by atoms with Crippen molar-refractivity contribution in [2.45, 2.75) is 12.8 Å². The SMILES string of the molecule is CN(C)CCc1ccc(-c2cnc3ccnn3c2)cc1.CN(C)CCc1ccc(Br)cc1. The second kappa shape index (κ2) is 11.9. The Hall–Kier alpha value is -2.54. The van der Waals surface area contributed by atoms with Crippen LogP contribution >= 0.6 is 15.9 Å². The summed E-state index contributed by atoms with van der Waals surface area (Å²) >= 11 is 3.42. The third-order valence-corrected chi connectivity index (χ3v) is 5.67. The van der Waals surface area contributed by atoms with Gasteiger partial charge in [0.2, 0.25) is 0 Å². The van der Waals surface area contributed by atoms with Crippen LogP contribution in [0.2, 0.25) is 0 Å². The first-order valence-electron chi connectivity index (χ1n) is 10.8. The Balaban J connectivity index is 0.000000207. The van der Waals surface area contributed by atoms with Crippen molar-refractivity contribution in [3.63, 3.8) is 0 Å². The van der Waals surface area contributed by atoms with E-state index in [2.05, 4.69) is 113 Å². The highest BCUT2D eigenvalue weighted by atomic mass is 79.9. The van der Waals surface area contributed by atoms with Gasteiger partial charge in [-0.25, -0.2) is 9.50 Å². The molecule has 5 nitrogen and oxygen atoms in total. The summed E-state index contributed by atoms with van der Waals surface area (Å²) in [5.41, 5.74) is 5.88. The Morgan fingerprint density at radius 3 is 1.88 bits per heavy atom. The average molecular weight is 494 g/mol. The van der Waals surface area contributed by atoms with E-state index in [1.165, 1.54) is 16.7 Å². The lowest BCUT2D eigenvalue weighted by molar-refractivity contribution is 0.413. The van der Waals surface area contributed by atoms with Gasteiger partial charge in [0.1, 0.15) is 0 Å². The van der Waals surface area contributed by atoms with Crippen molar-refractivity contribution in [1.82, 2.24) is 24.4 Å².